The molecule has 0 unspecified atom stereocenters. The van der Waals surface area contributed by atoms with E-state index in [9.17, 15) is 0 Å². The first kappa shape index (κ1) is 23.8. The van der Waals surface area contributed by atoms with E-state index in [1.54, 1.807) is 0 Å². The molecular formula is C39H24N2O2. The van der Waals surface area contributed by atoms with Gasteiger partial charge in [0.25, 0.3) is 0 Å². The van der Waals surface area contributed by atoms with E-state index in [-0.39, 0.29) is 0 Å². The molecule has 0 saturated carbocycles. The zero-order chi connectivity index (χ0) is 28.3. The highest BCUT2D eigenvalue weighted by Crippen LogP contribution is 2.44. The van der Waals surface area contributed by atoms with Crippen LogP contribution in [0.15, 0.2) is 155 Å². The molecule has 202 valence electrons. The van der Waals surface area contributed by atoms with E-state index < -0.39 is 0 Å². The highest BCUT2D eigenvalue weighted by Gasteiger charge is 2.21. The van der Waals surface area contributed by atoms with Crippen molar-refractivity contribution < 1.29 is 8.83 Å². The minimum Gasteiger partial charge on any atom is -0.456 e. The van der Waals surface area contributed by atoms with Crippen LogP contribution in [0.25, 0.3) is 65.8 Å². The maximum Gasteiger partial charge on any atom is 0.159 e. The second-order valence-electron chi connectivity index (χ2n) is 10.8. The predicted molar refractivity (Wildman–Crippen MR) is 176 cm³/mol. The summed E-state index contributed by atoms with van der Waals surface area (Å²) in [6.45, 7) is 0. The lowest BCUT2D eigenvalue weighted by atomic mass is 10.0. The smallest absolute Gasteiger partial charge is 0.159 e. The third-order valence-electron chi connectivity index (χ3n) is 8.35. The average Bonchev–Trinajstić information content (AvgIpc) is 3.65. The van der Waals surface area contributed by atoms with Crippen LogP contribution in [0, 0.1) is 0 Å². The Bertz CT molecular complexity index is 2450. The maximum absolute atomic E-state index is 6.53. The third-order valence-corrected chi connectivity index (χ3v) is 8.35. The van der Waals surface area contributed by atoms with Crippen molar-refractivity contribution in [1.29, 1.82) is 0 Å². The van der Waals surface area contributed by atoms with Gasteiger partial charge in [-0.05, 0) is 77.2 Å². The number of rotatable bonds is 4. The van der Waals surface area contributed by atoms with Gasteiger partial charge in [-0.1, -0.05) is 72.8 Å². The number of aromatic nitrogens is 1. The van der Waals surface area contributed by atoms with Gasteiger partial charge in [-0.3, -0.25) is 4.98 Å². The molecule has 4 nitrogen and oxygen atoms in total. The Hall–Kier alpha value is -5.87. The van der Waals surface area contributed by atoms with Crippen molar-refractivity contribution in [2.24, 2.45) is 0 Å². The summed E-state index contributed by atoms with van der Waals surface area (Å²) in [7, 11) is 0. The lowest BCUT2D eigenvalue weighted by molar-refractivity contribution is 0.669. The molecule has 0 radical (unpaired) electrons. The lowest BCUT2D eigenvalue weighted by Crippen LogP contribution is -2.10. The number of hydrogen-bond acceptors (Lipinski definition) is 4. The number of benzene rings is 6. The van der Waals surface area contributed by atoms with Crippen LogP contribution in [0.1, 0.15) is 0 Å². The lowest BCUT2D eigenvalue weighted by Gasteiger charge is -2.26. The summed E-state index contributed by atoms with van der Waals surface area (Å²) in [5.74, 6) is 0. The predicted octanol–water partition coefficient (Wildman–Crippen LogP) is 11.2. The van der Waals surface area contributed by atoms with Crippen LogP contribution in [0.4, 0.5) is 17.1 Å². The number of furan rings is 2. The Morgan fingerprint density at radius 2 is 1.23 bits per heavy atom. The molecule has 0 bridgehead atoms. The van der Waals surface area contributed by atoms with E-state index in [1.165, 1.54) is 11.1 Å². The molecule has 0 saturated heterocycles. The van der Waals surface area contributed by atoms with Gasteiger partial charge >= 0.3 is 0 Å². The van der Waals surface area contributed by atoms with E-state index in [0.717, 1.165) is 71.7 Å². The van der Waals surface area contributed by atoms with Crippen LogP contribution in [-0.2, 0) is 0 Å². The molecule has 3 aromatic heterocycles. The zero-order valence-electron chi connectivity index (χ0n) is 23.1. The molecule has 0 N–H and O–H groups in total. The molecule has 9 aromatic rings. The van der Waals surface area contributed by atoms with Crippen molar-refractivity contribution in [3.63, 3.8) is 0 Å². The van der Waals surface area contributed by atoms with Crippen LogP contribution in [0.3, 0.4) is 0 Å². The monoisotopic (exact) mass is 552 g/mol. The van der Waals surface area contributed by atoms with E-state index in [2.05, 4.69) is 119 Å². The van der Waals surface area contributed by atoms with Crippen molar-refractivity contribution in [2.75, 3.05) is 4.90 Å². The largest absolute Gasteiger partial charge is 0.456 e. The number of para-hydroxylation sites is 2. The quantitative estimate of drug-likeness (QED) is 0.218. The summed E-state index contributed by atoms with van der Waals surface area (Å²) in [6, 6.07) is 46.4. The van der Waals surface area contributed by atoms with Crippen LogP contribution in [0.5, 0.6) is 0 Å². The molecule has 0 amide bonds. The van der Waals surface area contributed by atoms with Gasteiger partial charge in [-0.2, -0.15) is 0 Å². The Morgan fingerprint density at radius 3 is 2.14 bits per heavy atom. The average molecular weight is 553 g/mol. The van der Waals surface area contributed by atoms with Crippen LogP contribution < -0.4 is 4.90 Å². The number of hydrogen-bond donors (Lipinski definition) is 0. The molecule has 0 aliphatic carbocycles. The second kappa shape index (κ2) is 9.33. The first-order chi connectivity index (χ1) is 21.3. The molecule has 3 heterocycles. The van der Waals surface area contributed by atoms with E-state index in [0.29, 0.717) is 0 Å². The summed E-state index contributed by atoms with van der Waals surface area (Å²) in [5, 5.41) is 6.57. The van der Waals surface area contributed by atoms with Gasteiger partial charge in [0.2, 0.25) is 0 Å². The van der Waals surface area contributed by atoms with Crippen molar-refractivity contribution in [3.05, 3.63) is 146 Å². The van der Waals surface area contributed by atoms with Gasteiger partial charge in [0.1, 0.15) is 16.7 Å². The molecule has 43 heavy (non-hydrogen) atoms. The summed E-state index contributed by atoms with van der Waals surface area (Å²) in [4.78, 5) is 6.62. The Balaban J connectivity index is 1.30. The summed E-state index contributed by atoms with van der Waals surface area (Å²) in [5.41, 5.74) is 8.83. The topological polar surface area (TPSA) is 42.4 Å². The fourth-order valence-corrected chi connectivity index (χ4v) is 6.34. The molecule has 0 atom stereocenters. The van der Waals surface area contributed by atoms with Crippen LogP contribution in [0.2, 0.25) is 0 Å². The Kier molecular flexibility index (Phi) is 5.16. The number of fused-ring (bicyclic) bond motifs is 8. The molecule has 0 fully saturated rings. The first-order valence-electron chi connectivity index (χ1n) is 14.4. The maximum atomic E-state index is 6.53. The van der Waals surface area contributed by atoms with E-state index in [1.807, 2.05) is 36.7 Å². The molecule has 0 aliphatic rings. The number of anilines is 3. The molecule has 9 rings (SSSR count). The van der Waals surface area contributed by atoms with E-state index in [4.69, 9.17) is 8.83 Å². The molecule has 0 spiro atoms. The standard InChI is InChI=1S/C39H24N2O2/c1-2-7-25(8-3-1)26-13-16-28(17-14-26)41(34-11-6-10-32-31-9-4-5-12-35(31)43-39(32)34)29-18-20-36-33(23-29)38-30-21-22-40-24-27(30)15-19-37(38)42-36/h1-24H. The van der Waals surface area contributed by atoms with Gasteiger partial charge in [0.05, 0.1) is 5.69 Å². The van der Waals surface area contributed by atoms with E-state index >= 15 is 0 Å². The van der Waals surface area contributed by atoms with Gasteiger partial charge in [0, 0.05) is 50.7 Å². The minimum absolute atomic E-state index is 0.851. The van der Waals surface area contributed by atoms with Crippen molar-refractivity contribution >= 4 is 71.7 Å². The summed E-state index contributed by atoms with van der Waals surface area (Å²) < 4.78 is 12.9. The molecule has 0 aliphatic heterocycles. The number of nitrogens with zero attached hydrogens (tertiary/aromatic N) is 2. The fourth-order valence-electron chi connectivity index (χ4n) is 6.34. The zero-order valence-corrected chi connectivity index (χ0v) is 23.1. The highest BCUT2D eigenvalue weighted by molar-refractivity contribution is 6.19. The van der Waals surface area contributed by atoms with Gasteiger partial charge < -0.3 is 13.7 Å². The van der Waals surface area contributed by atoms with Gasteiger partial charge in [0.15, 0.2) is 5.58 Å². The van der Waals surface area contributed by atoms with Crippen molar-refractivity contribution in [3.8, 4) is 11.1 Å². The summed E-state index contributed by atoms with van der Waals surface area (Å²) >= 11 is 0. The Morgan fingerprint density at radius 1 is 0.488 bits per heavy atom. The van der Waals surface area contributed by atoms with Gasteiger partial charge in [-0.15, -0.1) is 0 Å². The normalized spacial score (nSPS) is 11.7. The first-order valence-corrected chi connectivity index (χ1v) is 14.4. The van der Waals surface area contributed by atoms with Gasteiger partial charge in [-0.25, -0.2) is 0 Å². The molecule has 4 heteroatoms. The van der Waals surface area contributed by atoms with Crippen LogP contribution in [-0.4, -0.2) is 4.98 Å². The minimum atomic E-state index is 0.851. The fraction of sp³-hybridized carbons (Fsp3) is 0. The summed E-state index contributed by atoms with van der Waals surface area (Å²) in [6.07, 6.45) is 3.74. The van der Waals surface area contributed by atoms with Crippen molar-refractivity contribution in [2.45, 2.75) is 0 Å². The molecule has 6 aromatic carbocycles. The second-order valence-corrected chi connectivity index (χ2v) is 10.8. The SMILES string of the molecule is c1ccc(-c2ccc(N(c3ccc4oc5ccc6cnccc6c5c4c3)c3cccc4c3oc3ccccc34)cc2)cc1. The van der Waals surface area contributed by atoms with Crippen molar-refractivity contribution in [1.82, 2.24) is 4.98 Å². The molecular weight excluding hydrogens is 528 g/mol. The highest BCUT2D eigenvalue weighted by atomic mass is 16.3. The van der Waals surface area contributed by atoms with Crippen LogP contribution >= 0.6 is 0 Å². The number of pyridine rings is 1. The Labute approximate surface area is 247 Å². The third kappa shape index (κ3) is 3.74.